The Hall–Kier alpha value is -1.46. The number of methoxy groups -OCH3 is 1. The summed E-state index contributed by atoms with van der Waals surface area (Å²) in [6.45, 7) is 4.10. The SMILES string of the molecule is CC1(CC2CCCC2)Cc2cc(O)c(Cl)c(Cl)c2C1=O.COc1cc2c(c(Cl)c1Cl)C(=O)C(C)(CC1CCCC1)C2. The summed E-state index contributed by atoms with van der Waals surface area (Å²) in [5.41, 5.74) is 2.22. The Labute approximate surface area is 263 Å². The lowest BCUT2D eigenvalue weighted by atomic mass is 9.77. The summed E-state index contributed by atoms with van der Waals surface area (Å²) >= 11 is 24.7. The van der Waals surface area contributed by atoms with Gasteiger partial charge in [0.2, 0.25) is 0 Å². The van der Waals surface area contributed by atoms with Crippen LogP contribution in [0.1, 0.15) is 110 Å². The minimum Gasteiger partial charge on any atom is -0.506 e. The first-order chi connectivity index (χ1) is 19.4. The van der Waals surface area contributed by atoms with Gasteiger partial charge in [0.1, 0.15) is 21.5 Å². The number of aromatic hydroxyl groups is 1. The molecule has 222 valence electrons. The maximum atomic E-state index is 12.9. The van der Waals surface area contributed by atoms with E-state index in [-0.39, 0.29) is 32.8 Å². The first-order valence-corrected chi connectivity index (χ1v) is 16.2. The number of ketones is 2. The normalized spacial score (nSPS) is 25.8. The molecule has 2 aromatic carbocycles. The number of rotatable bonds is 5. The van der Waals surface area contributed by atoms with Crippen molar-refractivity contribution in [1.29, 1.82) is 0 Å². The van der Waals surface area contributed by atoms with Gasteiger partial charge in [0, 0.05) is 22.0 Å². The van der Waals surface area contributed by atoms with Crippen LogP contribution in [0.25, 0.3) is 0 Å². The maximum Gasteiger partial charge on any atom is 0.170 e. The molecule has 2 unspecified atom stereocenters. The minimum absolute atomic E-state index is 0.0340. The molecule has 2 saturated carbocycles. The lowest BCUT2D eigenvalue weighted by Crippen LogP contribution is -2.26. The van der Waals surface area contributed by atoms with Crippen LogP contribution < -0.4 is 4.74 Å². The number of carbonyl (C=O) groups excluding carboxylic acids is 2. The zero-order valence-electron chi connectivity index (χ0n) is 24.0. The third kappa shape index (κ3) is 5.76. The molecule has 0 bridgehead atoms. The van der Waals surface area contributed by atoms with Crippen LogP contribution in [0.2, 0.25) is 20.1 Å². The van der Waals surface area contributed by atoms with Gasteiger partial charge in [0.15, 0.2) is 11.6 Å². The van der Waals surface area contributed by atoms with Crippen molar-refractivity contribution in [3.05, 3.63) is 54.5 Å². The van der Waals surface area contributed by atoms with Crippen LogP contribution in [0.4, 0.5) is 0 Å². The van der Waals surface area contributed by atoms with Gasteiger partial charge in [-0.15, -0.1) is 0 Å². The number of ether oxygens (including phenoxy) is 1. The van der Waals surface area contributed by atoms with Crippen molar-refractivity contribution in [2.24, 2.45) is 22.7 Å². The van der Waals surface area contributed by atoms with Crippen LogP contribution in [-0.4, -0.2) is 23.8 Å². The summed E-state index contributed by atoms with van der Waals surface area (Å²) < 4.78 is 5.26. The van der Waals surface area contributed by atoms with Gasteiger partial charge >= 0.3 is 0 Å². The fraction of sp³-hybridized carbons (Fsp3) is 0.576. The predicted octanol–water partition coefficient (Wildman–Crippen LogP) is 10.4. The molecule has 0 spiro atoms. The molecule has 8 heteroatoms. The average molecular weight is 640 g/mol. The molecule has 2 atom stereocenters. The largest absolute Gasteiger partial charge is 0.506 e. The minimum atomic E-state index is -0.391. The van der Waals surface area contributed by atoms with Crippen LogP contribution in [0.5, 0.6) is 11.5 Å². The lowest BCUT2D eigenvalue weighted by Gasteiger charge is -2.25. The van der Waals surface area contributed by atoms with Gasteiger partial charge in [-0.1, -0.05) is 112 Å². The molecular formula is C33H38Cl4O4. The summed E-state index contributed by atoms with van der Waals surface area (Å²) in [5.74, 6) is 2.07. The first-order valence-electron chi connectivity index (χ1n) is 14.7. The number of phenolic OH excluding ortho intramolecular Hbond substituents is 1. The van der Waals surface area contributed by atoms with Crippen molar-refractivity contribution in [2.75, 3.05) is 7.11 Å². The van der Waals surface area contributed by atoms with Crippen molar-refractivity contribution in [1.82, 2.24) is 0 Å². The smallest absolute Gasteiger partial charge is 0.170 e. The van der Waals surface area contributed by atoms with Crippen LogP contribution in [-0.2, 0) is 12.8 Å². The van der Waals surface area contributed by atoms with E-state index in [0.29, 0.717) is 45.2 Å². The van der Waals surface area contributed by atoms with E-state index in [1.54, 1.807) is 13.2 Å². The monoisotopic (exact) mass is 638 g/mol. The Morgan fingerprint density at radius 3 is 1.59 bits per heavy atom. The standard InChI is InChI=1S/C17H20Cl2O2.C16H18Cl2O2/c1-17(8-10-5-3-4-6-10)9-11-7-12(21-2)14(18)15(19)13(11)16(17)20;1-16(7-9-4-2-3-5-9)8-10-6-11(19)13(17)14(18)12(10)15(16)20/h7,10H,3-6,8-9H2,1-2H3;6,9,19H,2-5,7-8H2,1H3. The molecular weight excluding hydrogens is 602 g/mol. The molecule has 4 aliphatic rings. The summed E-state index contributed by atoms with van der Waals surface area (Å²) in [7, 11) is 1.57. The van der Waals surface area contributed by atoms with Crippen LogP contribution in [0, 0.1) is 22.7 Å². The van der Waals surface area contributed by atoms with E-state index in [1.807, 2.05) is 13.0 Å². The van der Waals surface area contributed by atoms with E-state index in [1.165, 1.54) is 51.4 Å². The third-order valence-corrected chi connectivity index (χ3v) is 11.6. The van der Waals surface area contributed by atoms with Crippen LogP contribution in [0.15, 0.2) is 12.1 Å². The predicted molar refractivity (Wildman–Crippen MR) is 167 cm³/mol. The topological polar surface area (TPSA) is 63.6 Å². The number of halogens is 4. The first kappa shape index (κ1) is 31.0. The van der Waals surface area contributed by atoms with E-state index < -0.39 is 5.41 Å². The third-order valence-electron chi connectivity index (χ3n) is 9.88. The zero-order valence-corrected chi connectivity index (χ0v) is 27.0. The summed E-state index contributed by atoms with van der Waals surface area (Å²) in [4.78, 5) is 25.7. The molecule has 0 radical (unpaired) electrons. The fourth-order valence-corrected chi connectivity index (χ4v) is 8.85. The highest BCUT2D eigenvalue weighted by Crippen LogP contribution is 2.51. The van der Waals surface area contributed by atoms with Gasteiger partial charge in [-0.3, -0.25) is 9.59 Å². The van der Waals surface area contributed by atoms with E-state index in [0.717, 1.165) is 30.4 Å². The number of fused-ring (bicyclic) bond motifs is 2. The molecule has 41 heavy (non-hydrogen) atoms. The van der Waals surface area contributed by atoms with Crippen molar-refractivity contribution >= 4 is 58.0 Å². The molecule has 4 nitrogen and oxygen atoms in total. The van der Waals surface area contributed by atoms with Crippen molar-refractivity contribution in [3.63, 3.8) is 0 Å². The molecule has 1 N–H and O–H groups in total. The number of hydrogen-bond donors (Lipinski definition) is 1. The summed E-state index contributed by atoms with van der Waals surface area (Å²) in [6.07, 6.45) is 13.3. The molecule has 0 aromatic heterocycles. The number of carbonyl (C=O) groups is 2. The van der Waals surface area contributed by atoms with Crippen LogP contribution >= 0.6 is 46.4 Å². The fourth-order valence-electron chi connectivity index (χ4n) is 7.87. The van der Waals surface area contributed by atoms with Gasteiger partial charge in [0.05, 0.1) is 17.2 Å². The van der Waals surface area contributed by atoms with E-state index >= 15 is 0 Å². The van der Waals surface area contributed by atoms with Crippen molar-refractivity contribution in [2.45, 2.75) is 90.9 Å². The van der Waals surface area contributed by atoms with Gasteiger partial charge < -0.3 is 9.84 Å². The van der Waals surface area contributed by atoms with E-state index in [2.05, 4.69) is 6.92 Å². The van der Waals surface area contributed by atoms with E-state index in [9.17, 15) is 14.7 Å². The average Bonchev–Trinajstić information content (AvgIpc) is 3.71. The van der Waals surface area contributed by atoms with Gasteiger partial charge in [-0.25, -0.2) is 0 Å². The number of benzene rings is 2. The van der Waals surface area contributed by atoms with Crippen LogP contribution in [0.3, 0.4) is 0 Å². The maximum absolute atomic E-state index is 12.9. The Bertz CT molecular complexity index is 1380. The summed E-state index contributed by atoms with van der Waals surface area (Å²) in [6, 6.07) is 3.47. The quantitative estimate of drug-likeness (QED) is 0.353. The molecule has 2 fully saturated rings. The highest BCUT2D eigenvalue weighted by molar-refractivity contribution is 6.46. The number of phenols is 1. The van der Waals surface area contributed by atoms with Gasteiger partial charge in [-0.2, -0.15) is 0 Å². The second kappa shape index (κ2) is 11.9. The molecule has 2 aromatic rings. The Morgan fingerprint density at radius 1 is 0.732 bits per heavy atom. The van der Waals surface area contributed by atoms with Crippen molar-refractivity contribution < 1.29 is 19.4 Å². The molecule has 4 aliphatic carbocycles. The highest BCUT2D eigenvalue weighted by atomic mass is 35.5. The molecule has 0 heterocycles. The van der Waals surface area contributed by atoms with Gasteiger partial charge in [0.25, 0.3) is 0 Å². The molecule has 0 aliphatic heterocycles. The zero-order chi connectivity index (χ0) is 29.7. The highest BCUT2D eigenvalue weighted by Gasteiger charge is 2.46. The summed E-state index contributed by atoms with van der Waals surface area (Å²) in [5, 5.41) is 10.8. The Kier molecular flexibility index (Phi) is 9.00. The number of Topliss-reactive ketones (excluding diaryl/α,β-unsaturated/α-hetero) is 2. The Balaban J connectivity index is 0.000000165. The van der Waals surface area contributed by atoms with E-state index in [4.69, 9.17) is 51.1 Å². The van der Waals surface area contributed by atoms with Crippen molar-refractivity contribution in [3.8, 4) is 11.5 Å². The molecule has 0 amide bonds. The molecule has 0 saturated heterocycles. The molecule has 6 rings (SSSR count). The van der Waals surface area contributed by atoms with Gasteiger partial charge in [-0.05, 0) is 60.8 Å². The Morgan fingerprint density at radius 2 is 1.15 bits per heavy atom. The second-order valence-corrected chi connectivity index (χ2v) is 14.7. The number of hydrogen-bond acceptors (Lipinski definition) is 4. The lowest BCUT2D eigenvalue weighted by molar-refractivity contribution is 0.0798. The second-order valence-electron chi connectivity index (χ2n) is 13.1.